The fourth-order valence-electron chi connectivity index (χ4n) is 1.38. The van der Waals surface area contributed by atoms with Gasteiger partial charge in [-0.05, 0) is 13.8 Å². The number of hydrogen-bond acceptors (Lipinski definition) is 6. The van der Waals surface area contributed by atoms with Gasteiger partial charge in [-0.25, -0.2) is 9.52 Å². The van der Waals surface area contributed by atoms with Gasteiger partial charge in [-0.2, -0.15) is 18.2 Å². The van der Waals surface area contributed by atoms with Crippen LogP contribution in [0, 0.1) is 0 Å². The number of amides is 1. The van der Waals surface area contributed by atoms with Crippen LogP contribution >= 0.6 is 0 Å². The molecule has 0 saturated carbocycles. The molecular formula is C10H16N4O6S. The standard InChI is InChI=1S/C10H16N4O6S/c1-6(2)20-10(17)13-21(18,19)12-8(9(15)16)7-4-11-14(3)5-7/h4-6,8,12H,1-3H3,(H,13,17)(H,15,16). The van der Waals surface area contributed by atoms with Gasteiger partial charge in [-0.1, -0.05) is 0 Å². The van der Waals surface area contributed by atoms with E-state index in [9.17, 15) is 18.0 Å². The van der Waals surface area contributed by atoms with Crippen LogP contribution in [0.15, 0.2) is 12.4 Å². The maximum Gasteiger partial charge on any atom is 0.422 e. The first-order chi connectivity index (χ1) is 9.60. The number of carboxylic acid groups (broad SMARTS) is 1. The fraction of sp³-hybridized carbons (Fsp3) is 0.500. The van der Waals surface area contributed by atoms with Gasteiger partial charge >= 0.3 is 22.3 Å². The smallest absolute Gasteiger partial charge is 0.422 e. The molecule has 1 aromatic heterocycles. The van der Waals surface area contributed by atoms with Gasteiger partial charge < -0.3 is 9.84 Å². The lowest BCUT2D eigenvalue weighted by atomic mass is 10.2. The van der Waals surface area contributed by atoms with Crippen molar-refractivity contribution in [2.45, 2.75) is 26.0 Å². The van der Waals surface area contributed by atoms with Gasteiger partial charge in [0.05, 0.1) is 12.3 Å². The monoisotopic (exact) mass is 320 g/mol. The van der Waals surface area contributed by atoms with Crippen LogP contribution in [0.3, 0.4) is 0 Å². The number of rotatable bonds is 6. The van der Waals surface area contributed by atoms with Crippen molar-refractivity contribution in [3.8, 4) is 0 Å². The molecule has 1 amide bonds. The lowest BCUT2D eigenvalue weighted by Gasteiger charge is -2.14. The van der Waals surface area contributed by atoms with E-state index in [2.05, 4.69) is 9.84 Å². The van der Waals surface area contributed by atoms with Crippen LogP contribution in [-0.4, -0.2) is 41.5 Å². The number of carboxylic acids is 1. The Morgan fingerprint density at radius 1 is 1.43 bits per heavy atom. The average molecular weight is 320 g/mol. The molecule has 118 valence electrons. The predicted octanol–water partition coefficient (Wildman–Crippen LogP) is -0.485. The summed E-state index contributed by atoms with van der Waals surface area (Å²) in [6, 6.07) is -1.58. The van der Waals surface area contributed by atoms with E-state index in [0.29, 0.717) is 0 Å². The van der Waals surface area contributed by atoms with Crippen LogP contribution in [0.5, 0.6) is 0 Å². The molecular weight excluding hydrogens is 304 g/mol. The van der Waals surface area contributed by atoms with Crippen molar-refractivity contribution in [2.24, 2.45) is 7.05 Å². The molecule has 1 rings (SSSR count). The summed E-state index contributed by atoms with van der Waals surface area (Å²) in [5.41, 5.74) is 0.118. The van der Waals surface area contributed by atoms with Gasteiger partial charge in [-0.15, -0.1) is 0 Å². The maximum atomic E-state index is 11.7. The SMILES string of the molecule is CC(C)OC(=O)NS(=O)(=O)NC(C(=O)O)c1cnn(C)c1. The van der Waals surface area contributed by atoms with E-state index in [0.717, 1.165) is 0 Å². The molecule has 1 heterocycles. The zero-order chi connectivity index (χ0) is 16.2. The third-order valence-corrected chi connectivity index (χ3v) is 3.12. The summed E-state index contributed by atoms with van der Waals surface area (Å²) in [7, 11) is -2.85. The summed E-state index contributed by atoms with van der Waals surface area (Å²) in [6.45, 7) is 3.07. The lowest BCUT2D eigenvalue weighted by molar-refractivity contribution is -0.139. The second-order valence-corrected chi connectivity index (χ2v) is 5.84. The van der Waals surface area contributed by atoms with Crippen LogP contribution in [0.2, 0.25) is 0 Å². The summed E-state index contributed by atoms with van der Waals surface area (Å²) in [4.78, 5) is 22.4. The highest BCUT2D eigenvalue weighted by atomic mass is 32.2. The first kappa shape index (κ1) is 16.9. The second-order valence-electron chi connectivity index (χ2n) is 4.40. The van der Waals surface area contributed by atoms with Crippen LogP contribution in [-0.2, 0) is 26.8 Å². The molecule has 0 aliphatic heterocycles. The molecule has 0 spiro atoms. The third-order valence-electron chi connectivity index (χ3n) is 2.14. The molecule has 0 aliphatic rings. The van der Waals surface area contributed by atoms with E-state index >= 15 is 0 Å². The normalized spacial score (nSPS) is 13.0. The van der Waals surface area contributed by atoms with Gasteiger partial charge in [-0.3, -0.25) is 9.48 Å². The molecule has 0 aromatic carbocycles. The number of nitrogens with one attached hydrogen (secondary N) is 2. The minimum Gasteiger partial charge on any atom is -0.480 e. The van der Waals surface area contributed by atoms with Crippen LogP contribution < -0.4 is 9.44 Å². The Morgan fingerprint density at radius 3 is 2.48 bits per heavy atom. The molecule has 0 bridgehead atoms. The minimum absolute atomic E-state index is 0.118. The molecule has 10 nitrogen and oxygen atoms in total. The molecule has 1 aromatic rings. The number of nitrogens with zero attached hydrogens (tertiary/aromatic N) is 2. The molecule has 1 unspecified atom stereocenters. The highest BCUT2D eigenvalue weighted by Gasteiger charge is 2.28. The topological polar surface area (TPSA) is 140 Å². The predicted molar refractivity (Wildman–Crippen MR) is 70.4 cm³/mol. The molecule has 11 heteroatoms. The highest BCUT2D eigenvalue weighted by Crippen LogP contribution is 2.12. The fourth-order valence-corrected chi connectivity index (χ4v) is 2.26. The maximum absolute atomic E-state index is 11.7. The van der Waals surface area contributed by atoms with Gasteiger partial charge in [0.2, 0.25) is 0 Å². The Bertz CT molecular complexity index is 623. The number of hydrogen-bond donors (Lipinski definition) is 3. The van der Waals surface area contributed by atoms with E-state index in [1.54, 1.807) is 11.8 Å². The van der Waals surface area contributed by atoms with E-state index in [1.165, 1.54) is 30.9 Å². The van der Waals surface area contributed by atoms with Crippen molar-refractivity contribution >= 4 is 22.3 Å². The van der Waals surface area contributed by atoms with Crippen molar-refractivity contribution < 1.29 is 27.9 Å². The summed E-state index contributed by atoms with van der Waals surface area (Å²) < 4.78 is 32.7. The van der Waals surface area contributed by atoms with Crippen LogP contribution in [0.1, 0.15) is 25.5 Å². The first-order valence-corrected chi connectivity index (χ1v) is 7.31. The van der Waals surface area contributed by atoms with Crippen molar-refractivity contribution in [1.29, 1.82) is 0 Å². The largest absolute Gasteiger partial charge is 0.480 e. The second kappa shape index (κ2) is 6.54. The number of carbonyl (C=O) groups excluding carboxylic acids is 1. The highest BCUT2D eigenvalue weighted by molar-refractivity contribution is 7.88. The Morgan fingerprint density at radius 2 is 2.05 bits per heavy atom. The average Bonchev–Trinajstić information content (AvgIpc) is 2.70. The molecule has 0 saturated heterocycles. The number of ether oxygens (including phenoxy) is 1. The van der Waals surface area contributed by atoms with Crippen LogP contribution in [0.25, 0.3) is 0 Å². The van der Waals surface area contributed by atoms with Gasteiger partial charge in [0.1, 0.15) is 6.04 Å². The molecule has 3 N–H and O–H groups in total. The summed E-state index contributed by atoms with van der Waals surface area (Å²) in [5, 5.41) is 12.8. The van der Waals surface area contributed by atoms with Gasteiger partial charge in [0.15, 0.2) is 0 Å². The van der Waals surface area contributed by atoms with Crippen molar-refractivity contribution in [2.75, 3.05) is 0 Å². The number of aliphatic carboxylic acids is 1. The van der Waals surface area contributed by atoms with Crippen LogP contribution in [0.4, 0.5) is 4.79 Å². The number of aromatic nitrogens is 2. The third kappa shape index (κ3) is 5.39. The molecule has 0 fully saturated rings. The van der Waals surface area contributed by atoms with Crippen molar-refractivity contribution in [1.82, 2.24) is 19.2 Å². The van der Waals surface area contributed by atoms with E-state index < -0.39 is 34.4 Å². The summed E-state index contributed by atoms with van der Waals surface area (Å²) in [6.07, 6.45) is 0.822. The molecule has 0 radical (unpaired) electrons. The van der Waals surface area contributed by atoms with Gasteiger partial charge in [0.25, 0.3) is 0 Å². The number of carbonyl (C=O) groups is 2. The Hall–Kier alpha value is -2.14. The van der Waals surface area contributed by atoms with Crippen molar-refractivity contribution in [3.63, 3.8) is 0 Å². The first-order valence-electron chi connectivity index (χ1n) is 5.82. The van der Waals surface area contributed by atoms with Gasteiger partial charge in [0, 0.05) is 18.8 Å². The molecule has 0 aliphatic carbocycles. The molecule has 1 atom stereocenters. The van der Waals surface area contributed by atoms with Crippen molar-refractivity contribution in [3.05, 3.63) is 18.0 Å². The van der Waals surface area contributed by atoms with E-state index in [4.69, 9.17) is 5.11 Å². The van der Waals surface area contributed by atoms with E-state index in [-0.39, 0.29) is 5.56 Å². The Balaban J connectivity index is 2.83. The summed E-state index contributed by atoms with van der Waals surface area (Å²) >= 11 is 0. The lowest BCUT2D eigenvalue weighted by Crippen LogP contribution is -2.44. The quantitative estimate of drug-likeness (QED) is 0.642. The minimum atomic E-state index is -4.40. The zero-order valence-electron chi connectivity index (χ0n) is 11.6. The Kier molecular flexibility index (Phi) is 5.27. The zero-order valence-corrected chi connectivity index (χ0v) is 12.4. The van der Waals surface area contributed by atoms with E-state index in [1.807, 2.05) is 4.72 Å². The summed E-state index contributed by atoms with van der Waals surface area (Å²) in [5.74, 6) is -1.44. The molecule has 21 heavy (non-hydrogen) atoms. The number of aryl methyl sites for hydroxylation is 1. The Labute approximate surface area is 121 Å².